The fraction of sp³-hybridized carbons (Fsp3) is 0.733. The van der Waals surface area contributed by atoms with Crippen molar-refractivity contribution >= 4 is 11.3 Å². The van der Waals surface area contributed by atoms with Crippen LogP contribution in [0.1, 0.15) is 64.4 Å². The molecule has 0 aromatic carbocycles. The summed E-state index contributed by atoms with van der Waals surface area (Å²) < 4.78 is 0. The standard InChI is InChI=1S/C10H13NOS.C5H13N/c12-10-9(6-13-7-11-10)8-4-2-1-3-5-8;1-5(2,3)6-4/h6-8H,1-5H2;6H,1-4H3. The minimum Gasteiger partial charge on any atom is -0.315 e. The van der Waals surface area contributed by atoms with Gasteiger partial charge in [-0.1, -0.05) is 19.3 Å². The summed E-state index contributed by atoms with van der Waals surface area (Å²) in [5.74, 6) is 0.492. The fourth-order valence-corrected chi connectivity index (χ4v) is 2.65. The van der Waals surface area contributed by atoms with Crippen LogP contribution >= 0.6 is 11.3 Å². The normalized spacial score (nSPS) is 16.6. The second-order valence-electron chi connectivity index (χ2n) is 6.08. The molecular weight excluding hydrogens is 256 g/mol. The maximum Gasteiger partial charge on any atom is 0.274 e. The molecule has 19 heavy (non-hydrogen) atoms. The minimum atomic E-state index is -0.00866. The summed E-state index contributed by atoms with van der Waals surface area (Å²) in [5, 5.41) is 5.08. The van der Waals surface area contributed by atoms with Crippen molar-refractivity contribution in [2.75, 3.05) is 7.05 Å². The maximum atomic E-state index is 11.4. The first-order chi connectivity index (χ1) is 8.94. The SMILES string of the molecule is CNC(C)(C)C.O=c1ncscc1C1CCCCC1. The van der Waals surface area contributed by atoms with Crippen molar-refractivity contribution in [3.63, 3.8) is 0 Å². The van der Waals surface area contributed by atoms with E-state index in [9.17, 15) is 4.79 Å². The summed E-state index contributed by atoms with van der Waals surface area (Å²) >= 11 is 1.53. The van der Waals surface area contributed by atoms with E-state index in [1.807, 2.05) is 12.4 Å². The van der Waals surface area contributed by atoms with Crippen LogP contribution < -0.4 is 10.9 Å². The Bertz CT molecular complexity index is 417. The smallest absolute Gasteiger partial charge is 0.274 e. The van der Waals surface area contributed by atoms with Crippen LogP contribution in [0.15, 0.2) is 15.7 Å². The topological polar surface area (TPSA) is 42.0 Å². The molecule has 0 unspecified atom stereocenters. The van der Waals surface area contributed by atoms with Crippen LogP contribution in [-0.4, -0.2) is 17.6 Å². The zero-order valence-corrected chi connectivity index (χ0v) is 13.3. The number of nitrogens with one attached hydrogen (secondary N) is 1. The van der Waals surface area contributed by atoms with Crippen molar-refractivity contribution in [1.29, 1.82) is 0 Å². The van der Waals surface area contributed by atoms with E-state index >= 15 is 0 Å². The van der Waals surface area contributed by atoms with Crippen molar-refractivity contribution in [2.45, 2.75) is 64.3 Å². The molecule has 4 heteroatoms. The molecule has 2 rings (SSSR count). The molecule has 0 atom stereocenters. The molecule has 1 aliphatic carbocycles. The molecule has 108 valence electrons. The van der Waals surface area contributed by atoms with Crippen LogP contribution in [0.5, 0.6) is 0 Å². The lowest BCUT2D eigenvalue weighted by molar-refractivity contribution is 0.441. The molecule has 0 bridgehead atoms. The molecule has 0 amide bonds. The Kier molecular flexibility index (Phi) is 6.66. The van der Waals surface area contributed by atoms with Gasteiger partial charge in [0, 0.05) is 16.5 Å². The third-order valence-corrected chi connectivity index (χ3v) is 4.08. The van der Waals surface area contributed by atoms with E-state index in [4.69, 9.17) is 0 Å². The Labute approximate surface area is 120 Å². The number of aromatic nitrogens is 1. The van der Waals surface area contributed by atoms with Gasteiger partial charge in [0.2, 0.25) is 0 Å². The molecular formula is C15H26N2OS. The van der Waals surface area contributed by atoms with E-state index in [1.165, 1.54) is 43.4 Å². The first kappa shape index (κ1) is 16.3. The number of rotatable bonds is 1. The molecule has 3 nitrogen and oxygen atoms in total. The maximum absolute atomic E-state index is 11.4. The van der Waals surface area contributed by atoms with E-state index < -0.39 is 0 Å². The first-order valence-corrected chi connectivity index (χ1v) is 7.99. The Morgan fingerprint density at radius 3 is 2.32 bits per heavy atom. The Morgan fingerprint density at radius 2 is 1.84 bits per heavy atom. The first-order valence-electron chi connectivity index (χ1n) is 7.05. The van der Waals surface area contributed by atoms with Crippen LogP contribution in [0.25, 0.3) is 0 Å². The fourth-order valence-electron chi connectivity index (χ4n) is 1.99. The Balaban J connectivity index is 0.000000258. The highest BCUT2D eigenvalue weighted by atomic mass is 32.1. The van der Waals surface area contributed by atoms with E-state index in [-0.39, 0.29) is 5.56 Å². The van der Waals surface area contributed by atoms with Gasteiger partial charge in [0.05, 0.1) is 5.51 Å². The van der Waals surface area contributed by atoms with Crippen LogP contribution in [0.3, 0.4) is 0 Å². The summed E-state index contributed by atoms with van der Waals surface area (Å²) in [6.45, 7) is 6.40. The summed E-state index contributed by atoms with van der Waals surface area (Å²) in [5.41, 5.74) is 2.85. The number of nitrogens with zero attached hydrogens (tertiary/aromatic N) is 1. The number of hydrogen-bond acceptors (Lipinski definition) is 4. The quantitative estimate of drug-likeness (QED) is 0.856. The van der Waals surface area contributed by atoms with Crippen molar-refractivity contribution in [3.05, 3.63) is 26.8 Å². The van der Waals surface area contributed by atoms with Crippen molar-refractivity contribution in [1.82, 2.24) is 10.3 Å². The molecule has 1 saturated carbocycles. The van der Waals surface area contributed by atoms with Gasteiger partial charge in [0.25, 0.3) is 5.56 Å². The summed E-state index contributed by atoms with van der Waals surface area (Å²) in [6.07, 6.45) is 6.21. The summed E-state index contributed by atoms with van der Waals surface area (Å²) in [7, 11) is 1.96. The monoisotopic (exact) mass is 282 g/mol. The lowest BCUT2D eigenvalue weighted by Gasteiger charge is -2.20. The zero-order valence-electron chi connectivity index (χ0n) is 12.5. The lowest BCUT2D eigenvalue weighted by Crippen LogP contribution is -2.31. The molecule has 1 aliphatic rings. The van der Waals surface area contributed by atoms with Gasteiger partial charge in [-0.3, -0.25) is 4.79 Å². The average molecular weight is 282 g/mol. The minimum absolute atomic E-state index is 0.00866. The molecule has 1 N–H and O–H groups in total. The van der Waals surface area contributed by atoms with E-state index in [1.54, 1.807) is 5.51 Å². The van der Waals surface area contributed by atoms with Gasteiger partial charge >= 0.3 is 0 Å². The van der Waals surface area contributed by atoms with Gasteiger partial charge in [0.15, 0.2) is 0 Å². The van der Waals surface area contributed by atoms with Crippen LogP contribution in [0.2, 0.25) is 0 Å². The highest BCUT2D eigenvalue weighted by Crippen LogP contribution is 2.30. The van der Waals surface area contributed by atoms with Gasteiger partial charge in [-0.2, -0.15) is 0 Å². The third-order valence-electron chi connectivity index (χ3n) is 3.47. The van der Waals surface area contributed by atoms with E-state index in [0.717, 1.165) is 5.56 Å². The molecule has 1 fully saturated rings. The van der Waals surface area contributed by atoms with Crippen LogP contribution in [-0.2, 0) is 0 Å². The van der Waals surface area contributed by atoms with Crippen LogP contribution in [0, 0.1) is 0 Å². The van der Waals surface area contributed by atoms with Gasteiger partial charge < -0.3 is 5.32 Å². The van der Waals surface area contributed by atoms with Gasteiger partial charge in [-0.25, -0.2) is 4.98 Å². The van der Waals surface area contributed by atoms with Crippen molar-refractivity contribution in [2.24, 2.45) is 0 Å². The number of hydrogen-bond donors (Lipinski definition) is 1. The molecule has 0 aliphatic heterocycles. The highest BCUT2D eigenvalue weighted by molar-refractivity contribution is 7.07. The van der Waals surface area contributed by atoms with Gasteiger partial charge in [-0.15, -0.1) is 11.3 Å². The second-order valence-corrected chi connectivity index (χ2v) is 6.80. The third kappa shape index (κ3) is 6.30. The second kappa shape index (κ2) is 7.75. The summed E-state index contributed by atoms with van der Waals surface area (Å²) in [4.78, 5) is 15.2. The van der Waals surface area contributed by atoms with Gasteiger partial charge in [0.1, 0.15) is 0 Å². The molecule has 0 saturated heterocycles. The predicted molar refractivity (Wildman–Crippen MR) is 83.0 cm³/mol. The molecule has 1 heterocycles. The zero-order chi connectivity index (χ0) is 14.3. The summed E-state index contributed by atoms with van der Waals surface area (Å²) in [6, 6.07) is 0. The molecule has 1 aromatic rings. The van der Waals surface area contributed by atoms with Crippen LogP contribution in [0.4, 0.5) is 0 Å². The van der Waals surface area contributed by atoms with Crippen molar-refractivity contribution < 1.29 is 0 Å². The largest absolute Gasteiger partial charge is 0.315 e. The lowest BCUT2D eigenvalue weighted by atomic mass is 9.85. The highest BCUT2D eigenvalue weighted by Gasteiger charge is 2.17. The van der Waals surface area contributed by atoms with Gasteiger partial charge in [-0.05, 0) is 46.6 Å². The molecule has 0 spiro atoms. The molecule has 1 aromatic heterocycles. The Hall–Kier alpha value is -0.740. The Morgan fingerprint density at radius 1 is 1.26 bits per heavy atom. The van der Waals surface area contributed by atoms with Crippen molar-refractivity contribution in [3.8, 4) is 0 Å². The van der Waals surface area contributed by atoms with E-state index in [0.29, 0.717) is 11.5 Å². The predicted octanol–water partition coefficient (Wildman–Crippen LogP) is 3.56. The average Bonchev–Trinajstić information content (AvgIpc) is 2.40. The van der Waals surface area contributed by atoms with E-state index in [2.05, 4.69) is 31.1 Å². The molecule has 0 radical (unpaired) electrons.